The topological polar surface area (TPSA) is 140 Å². The molecule has 2 atom stereocenters. The zero-order chi connectivity index (χ0) is 35.8. The third kappa shape index (κ3) is 8.95. The number of nitrogens with zero attached hydrogens (tertiary/aromatic N) is 1. The molecule has 0 fully saturated rings. The summed E-state index contributed by atoms with van der Waals surface area (Å²) in [6.07, 6.45) is 0.878. The van der Waals surface area contributed by atoms with Crippen molar-refractivity contribution in [3.63, 3.8) is 0 Å². The first-order chi connectivity index (χ1) is 24.0. The van der Waals surface area contributed by atoms with E-state index in [2.05, 4.69) is 5.32 Å². The first-order valence-corrected chi connectivity index (χ1v) is 18.3. The molecule has 266 valence electrons. The minimum Gasteiger partial charge on any atom is -0.489 e. The number of aryl methyl sites for hydroxylation is 1. The summed E-state index contributed by atoms with van der Waals surface area (Å²) < 4.78 is 44.9. The lowest BCUT2D eigenvalue weighted by atomic mass is 9.84. The SMILES string of the molecule is CCOC(=O)CC(c1ccc(C)c(CN2Cc3cc(OCc4ccccc4)ccc3OS2(=O)=O)c1)c1ccc(NCC[C@@H](C)CO)c(N)c1C. The highest BCUT2D eigenvalue weighted by molar-refractivity contribution is 7.84. The Morgan fingerprint density at radius 3 is 2.58 bits per heavy atom. The van der Waals surface area contributed by atoms with Crippen molar-refractivity contribution in [2.75, 3.05) is 30.8 Å². The van der Waals surface area contributed by atoms with E-state index in [0.29, 0.717) is 30.2 Å². The molecular formula is C39H47N3O7S. The standard InChI is InChI=1S/C39H47N3O7S/c1-5-47-38(44)21-35(34-14-15-36(39(40)28(34)4)41-18-17-26(2)24-43)30-12-11-27(3)31(19-30)22-42-23-32-20-33(13-16-37(32)49-50(42,45)46)48-25-29-9-7-6-8-10-29/h6-16,19-20,26,35,41,43H,5,17-18,21-25,40H2,1-4H3/t26-,35?/m1/s1. The summed E-state index contributed by atoms with van der Waals surface area (Å²) in [6.45, 7) is 9.23. The number of anilines is 2. The minimum atomic E-state index is -4.08. The Kier molecular flexibility index (Phi) is 12.0. The van der Waals surface area contributed by atoms with Crippen molar-refractivity contribution < 1.29 is 32.0 Å². The van der Waals surface area contributed by atoms with Gasteiger partial charge in [0.25, 0.3) is 0 Å². The van der Waals surface area contributed by atoms with Crippen molar-refractivity contribution in [1.29, 1.82) is 0 Å². The van der Waals surface area contributed by atoms with Gasteiger partial charge in [0.05, 0.1) is 24.4 Å². The van der Waals surface area contributed by atoms with Crippen LogP contribution in [0.5, 0.6) is 11.5 Å². The van der Waals surface area contributed by atoms with Crippen molar-refractivity contribution in [1.82, 2.24) is 4.31 Å². The highest BCUT2D eigenvalue weighted by atomic mass is 32.2. The molecule has 0 amide bonds. The van der Waals surface area contributed by atoms with E-state index in [4.69, 9.17) is 19.4 Å². The number of aliphatic hydroxyl groups is 1. The van der Waals surface area contributed by atoms with Gasteiger partial charge in [0.1, 0.15) is 18.1 Å². The molecular weight excluding hydrogens is 655 g/mol. The normalized spacial score (nSPS) is 15.0. The second-order valence-electron chi connectivity index (χ2n) is 12.8. The third-order valence-electron chi connectivity index (χ3n) is 9.13. The molecule has 10 nitrogen and oxygen atoms in total. The van der Waals surface area contributed by atoms with E-state index < -0.39 is 16.2 Å². The molecule has 1 heterocycles. The second-order valence-corrected chi connectivity index (χ2v) is 14.4. The summed E-state index contributed by atoms with van der Waals surface area (Å²) in [5, 5.41) is 12.7. The number of fused-ring (bicyclic) bond motifs is 1. The van der Waals surface area contributed by atoms with Crippen LogP contribution in [0.2, 0.25) is 0 Å². The van der Waals surface area contributed by atoms with Crippen LogP contribution in [0.15, 0.2) is 78.9 Å². The lowest BCUT2D eigenvalue weighted by Gasteiger charge is -2.29. The monoisotopic (exact) mass is 701 g/mol. The number of esters is 1. The summed E-state index contributed by atoms with van der Waals surface area (Å²) in [4.78, 5) is 12.9. The predicted octanol–water partition coefficient (Wildman–Crippen LogP) is 6.62. The highest BCUT2D eigenvalue weighted by Crippen LogP contribution is 2.38. The summed E-state index contributed by atoms with van der Waals surface area (Å²) in [7, 11) is -4.08. The number of nitrogen functional groups attached to an aromatic ring is 1. The molecule has 4 N–H and O–H groups in total. The van der Waals surface area contributed by atoms with Gasteiger partial charge in [-0.3, -0.25) is 4.79 Å². The van der Waals surface area contributed by atoms with E-state index in [1.807, 2.05) is 87.5 Å². The smallest absolute Gasteiger partial charge is 0.385 e. The van der Waals surface area contributed by atoms with Crippen LogP contribution < -0.4 is 20.0 Å². The number of rotatable bonds is 15. The van der Waals surface area contributed by atoms with Gasteiger partial charge in [-0.15, -0.1) is 0 Å². The molecule has 0 bridgehead atoms. The van der Waals surface area contributed by atoms with E-state index in [-0.39, 0.29) is 50.4 Å². The largest absolute Gasteiger partial charge is 0.489 e. The summed E-state index contributed by atoms with van der Waals surface area (Å²) in [5.74, 6) is 0.338. The van der Waals surface area contributed by atoms with Gasteiger partial charge < -0.3 is 29.8 Å². The summed E-state index contributed by atoms with van der Waals surface area (Å²) >= 11 is 0. The van der Waals surface area contributed by atoms with Crippen LogP contribution in [0, 0.1) is 19.8 Å². The van der Waals surface area contributed by atoms with Gasteiger partial charge >= 0.3 is 16.3 Å². The molecule has 0 radical (unpaired) electrons. The molecule has 11 heteroatoms. The van der Waals surface area contributed by atoms with Crippen LogP contribution in [0.1, 0.15) is 71.6 Å². The highest BCUT2D eigenvalue weighted by Gasteiger charge is 2.33. The van der Waals surface area contributed by atoms with E-state index in [9.17, 15) is 18.3 Å². The van der Waals surface area contributed by atoms with Crippen LogP contribution in [0.3, 0.4) is 0 Å². The van der Waals surface area contributed by atoms with Crippen LogP contribution in [-0.2, 0) is 39.5 Å². The van der Waals surface area contributed by atoms with E-state index >= 15 is 0 Å². The molecule has 1 unspecified atom stereocenters. The van der Waals surface area contributed by atoms with Crippen LogP contribution >= 0.6 is 0 Å². The molecule has 0 aliphatic carbocycles. The molecule has 1 aliphatic heterocycles. The Balaban J connectivity index is 1.40. The van der Waals surface area contributed by atoms with Gasteiger partial charge in [-0.25, -0.2) is 0 Å². The number of ether oxygens (including phenoxy) is 2. The molecule has 1 aliphatic rings. The number of benzene rings is 4. The van der Waals surface area contributed by atoms with Crippen molar-refractivity contribution >= 4 is 27.6 Å². The fraction of sp³-hybridized carbons (Fsp3) is 0.359. The number of hydrogen-bond donors (Lipinski definition) is 3. The lowest BCUT2D eigenvalue weighted by Crippen LogP contribution is -2.37. The van der Waals surface area contributed by atoms with E-state index in [0.717, 1.165) is 45.5 Å². The Hall–Kier alpha value is -4.58. The third-order valence-corrected chi connectivity index (χ3v) is 10.4. The number of carbonyl (C=O) groups excluding carboxylic acids is 1. The zero-order valence-corrected chi connectivity index (χ0v) is 30.0. The fourth-order valence-electron chi connectivity index (χ4n) is 6.05. The molecule has 4 aromatic carbocycles. The van der Waals surface area contributed by atoms with Crippen molar-refractivity contribution in [3.05, 3.63) is 118 Å². The van der Waals surface area contributed by atoms with Gasteiger partial charge in [-0.1, -0.05) is 61.5 Å². The average molecular weight is 702 g/mol. The van der Waals surface area contributed by atoms with Crippen molar-refractivity contribution in [2.24, 2.45) is 5.92 Å². The van der Waals surface area contributed by atoms with Crippen LogP contribution in [0.25, 0.3) is 0 Å². The zero-order valence-electron chi connectivity index (χ0n) is 29.1. The number of carbonyl (C=O) groups is 1. The van der Waals surface area contributed by atoms with Gasteiger partial charge in [0.2, 0.25) is 0 Å². The predicted molar refractivity (Wildman–Crippen MR) is 195 cm³/mol. The maximum atomic E-state index is 13.3. The fourth-order valence-corrected chi connectivity index (χ4v) is 7.13. The maximum Gasteiger partial charge on any atom is 0.385 e. The quantitative estimate of drug-likeness (QED) is 0.0922. The molecule has 0 saturated heterocycles. The molecule has 0 saturated carbocycles. The van der Waals surface area contributed by atoms with Gasteiger partial charge in [0.15, 0.2) is 0 Å². The number of aliphatic hydroxyl groups excluding tert-OH is 1. The second kappa shape index (κ2) is 16.4. The van der Waals surface area contributed by atoms with Crippen LogP contribution in [-0.4, -0.2) is 43.6 Å². The molecule has 4 aromatic rings. The molecule has 5 rings (SSSR count). The molecule has 0 spiro atoms. The van der Waals surface area contributed by atoms with Crippen molar-refractivity contribution in [2.45, 2.75) is 66.2 Å². The first kappa shape index (κ1) is 36.7. The van der Waals surface area contributed by atoms with Gasteiger partial charge in [-0.05, 0) is 90.8 Å². The number of hydrogen-bond acceptors (Lipinski definition) is 9. The Morgan fingerprint density at radius 1 is 1.06 bits per heavy atom. The van der Waals surface area contributed by atoms with Crippen molar-refractivity contribution in [3.8, 4) is 11.5 Å². The Morgan fingerprint density at radius 2 is 1.84 bits per heavy atom. The first-order valence-electron chi connectivity index (χ1n) is 17.0. The van der Waals surface area contributed by atoms with Gasteiger partial charge in [-0.2, -0.15) is 12.7 Å². The molecule has 50 heavy (non-hydrogen) atoms. The average Bonchev–Trinajstić information content (AvgIpc) is 3.10. The maximum absolute atomic E-state index is 13.3. The minimum absolute atomic E-state index is 0.0684. The van der Waals surface area contributed by atoms with Crippen LogP contribution in [0.4, 0.5) is 11.4 Å². The van der Waals surface area contributed by atoms with E-state index in [1.165, 1.54) is 4.31 Å². The van der Waals surface area contributed by atoms with Gasteiger partial charge in [0, 0.05) is 37.7 Å². The number of nitrogens with two attached hydrogens (primary N) is 1. The number of nitrogens with one attached hydrogen (secondary N) is 1. The summed E-state index contributed by atoms with van der Waals surface area (Å²) in [5.41, 5.74) is 14.0. The Bertz CT molecular complexity index is 1900. The van der Waals surface area contributed by atoms with E-state index in [1.54, 1.807) is 19.1 Å². The molecule has 0 aromatic heterocycles. The lowest BCUT2D eigenvalue weighted by molar-refractivity contribution is -0.143. The summed E-state index contributed by atoms with van der Waals surface area (Å²) in [6, 6.07) is 24.7. The Labute approximate surface area is 295 Å².